The van der Waals surface area contributed by atoms with Crippen molar-refractivity contribution in [2.24, 2.45) is 0 Å². The van der Waals surface area contributed by atoms with Crippen LogP contribution in [0, 0.1) is 0 Å². The van der Waals surface area contributed by atoms with Crippen LogP contribution in [0.4, 0.5) is 5.69 Å². The molecule has 0 bridgehead atoms. The second-order valence-electron chi connectivity index (χ2n) is 4.70. The van der Waals surface area contributed by atoms with E-state index < -0.39 is 0 Å². The molecule has 3 aromatic rings. The molecule has 0 spiro atoms. The number of nitrogens with one attached hydrogen (secondary N) is 1. The first kappa shape index (κ1) is 15.5. The number of hydrogen-bond donors (Lipinski definition) is 1. The lowest BCUT2D eigenvalue weighted by Crippen LogP contribution is -2.11. The third kappa shape index (κ3) is 3.52. The van der Waals surface area contributed by atoms with Gasteiger partial charge in [0.05, 0.1) is 12.8 Å². The Balaban J connectivity index is 1.91. The van der Waals surface area contributed by atoms with Crippen molar-refractivity contribution in [2.45, 2.75) is 0 Å². The number of anilines is 1. The van der Waals surface area contributed by atoms with Crippen molar-refractivity contribution in [2.75, 3.05) is 12.4 Å². The van der Waals surface area contributed by atoms with Crippen LogP contribution in [0.3, 0.4) is 0 Å². The molecule has 2 aromatic carbocycles. The largest absolute Gasteiger partial charge is 0.497 e. The van der Waals surface area contributed by atoms with E-state index in [1.807, 2.05) is 42.5 Å². The number of methoxy groups -OCH3 is 1. The normalized spacial score (nSPS) is 10.3. The van der Waals surface area contributed by atoms with Crippen molar-refractivity contribution in [3.8, 4) is 17.0 Å². The van der Waals surface area contributed by atoms with Gasteiger partial charge in [-0.3, -0.25) is 4.79 Å². The van der Waals surface area contributed by atoms with Crippen molar-refractivity contribution < 1.29 is 9.53 Å². The Labute approximate surface area is 142 Å². The Morgan fingerprint density at radius 3 is 2.70 bits per heavy atom. The Morgan fingerprint density at radius 2 is 1.96 bits per heavy atom. The predicted molar refractivity (Wildman–Crippen MR) is 93.5 cm³/mol. The Bertz CT molecular complexity index is 834. The quantitative estimate of drug-likeness (QED) is 0.744. The highest BCUT2D eigenvalue weighted by Gasteiger charge is 2.19. The van der Waals surface area contributed by atoms with Crippen LogP contribution in [0.15, 0.2) is 54.6 Å². The summed E-state index contributed by atoms with van der Waals surface area (Å²) in [7, 11) is 1.58. The molecule has 4 nitrogen and oxygen atoms in total. The molecule has 1 aromatic heterocycles. The summed E-state index contributed by atoms with van der Waals surface area (Å²) in [5.41, 5.74) is 2.09. The molecule has 0 radical (unpaired) electrons. The number of nitrogens with zero attached hydrogens (tertiary/aromatic N) is 1. The molecule has 0 saturated heterocycles. The fraction of sp³-hybridized carbons (Fsp3) is 0.0588. The number of thiazole rings is 1. The lowest BCUT2D eigenvalue weighted by molar-refractivity contribution is 0.103. The van der Waals surface area contributed by atoms with E-state index in [0.717, 1.165) is 16.9 Å². The number of hydrogen-bond acceptors (Lipinski definition) is 4. The number of halogens is 1. The van der Waals surface area contributed by atoms with Gasteiger partial charge in [-0.1, -0.05) is 59.3 Å². The van der Waals surface area contributed by atoms with Crippen LogP contribution in [-0.2, 0) is 0 Å². The predicted octanol–water partition coefficient (Wildman–Crippen LogP) is 4.72. The molecule has 3 rings (SSSR count). The van der Waals surface area contributed by atoms with E-state index in [-0.39, 0.29) is 5.91 Å². The van der Waals surface area contributed by atoms with E-state index in [2.05, 4.69) is 10.3 Å². The van der Waals surface area contributed by atoms with E-state index in [0.29, 0.717) is 26.5 Å². The van der Waals surface area contributed by atoms with E-state index in [4.69, 9.17) is 16.3 Å². The van der Waals surface area contributed by atoms with Crippen LogP contribution in [0.25, 0.3) is 11.3 Å². The average molecular weight is 345 g/mol. The maximum atomic E-state index is 12.6. The van der Waals surface area contributed by atoms with Gasteiger partial charge in [-0.05, 0) is 12.1 Å². The molecule has 0 unspecified atom stereocenters. The van der Waals surface area contributed by atoms with Crippen molar-refractivity contribution >= 4 is 34.5 Å². The number of ether oxygens (including phenoxy) is 1. The molecule has 0 aliphatic carbocycles. The Hall–Kier alpha value is -2.37. The van der Waals surface area contributed by atoms with Crippen LogP contribution in [-0.4, -0.2) is 18.0 Å². The van der Waals surface area contributed by atoms with Gasteiger partial charge in [-0.25, -0.2) is 4.98 Å². The molecule has 23 heavy (non-hydrogen) atoms. The van der Waals surface area contributed by atoms with Gasteiger partial charge in [-0.15, -0.1) is 0 Å². The second-order valence-corrected chi connectivity index (χ2v) is 6.28. The van der Waals surface area contributed by atoms with Gasteiger partial charge < -0.3 is 10.1 Å². The summed E-state index contributed by atoms with van der Waals surface area (Å²) in [6.07, 6.45) is 0. The Kier molecular flexibility index (Phi) is 4.60. The molecule has 1 heterocycles. The van der Waals surface area contributed by atoms with Crippen LogP contribution in [0.1, 0.15) is 9.67 Å². The number of benzene rings is 2. The van der Waals surface area contributed by atoms with Crippen molar-refractivity contribution in [3.05, 3.63) is 63.9 Å². The zero-order valence-corrected chi connectivity index (χ0v) is 13.8. The lowest BCUT2D eigenvalue weighted by atomic mass is 10.1. The topological polar surface area (TPSA) is 51.2 Å². The van der Waals surface area contributed by atoms with Crippen LogP contribution in [0.2, 0.25) is 4.47 Å². The lowest BCUT2D eigenvalue weighted by Gasteiger charge is -2.07. The van der Waals surface area contributed by atoms with Gasteiger partial charge in [0.15, 0.2) is 4.47 Å². The summed E-state index contributed by atoms with van der Waals surface area (Å²) in [6.45, 7) is 0. The smallest absolute Gasteiger partial charge is 0.268 e. The monoisotopic (exact) mass is 344 g/mol. The highest BCUT2D eigenvalue weighted by molar-refractivity contribution is 7.18. The molecule has 1 amide bonds. The van der Waals surface area contributed by atoms with E-state index >= 15 is 0 Å². The fourth-order valence-electron chi connectivity index (χ4n) is 2.13. The molecule has 1 N–H and O–H groups in total. The van der Waals surface area contributed by atoms with E-state index in [9.17, 15) is 4.79 Å². The number of carbonyl (C=O) groups excluding carboxylic acids is 1. The average Bonchev–Trinajstić information content (AvgIpc) is 2.98. The van der Waals surface area contributed by atoms with Crippen molar-refractivity contribution in [1.29, 1.82) is 0 Å². The highest BCUT2D eigenvalue weighted by atomic mass is 35.5. The highest BCUT2D eigenvalue weighted by Crippen LogP contribution is 2.31. The SMILES string of the molecule is COc1cccc(NC(=O)c2sc(Cl)nc2-c2ccccc2)c1. The summed E-state index contributed by atoms with van der Waals surface area (Å²) < 4.78 is 5.49. The van der Waals surface area contributed by atoms with Gasteiger partial charge in [0.1, 0.15) is 10.6 Å². The molecule has 0 aliphatic heterocycles. The first-order chi connectivity index (χ1) is 11.2. The number of aromatic nitrogens is 1. The maximum Gasteiger partial charge on any atom is 0.268 e. The molecule has 0 saturated carbocycles. The van der Waals surface area contributed by atoms with Crippen LogP contribution >= 0.6 is 22.9 Å². The molecular weight excluding hydrogens is 332 g/mol. The molecule has 0 atom stereocenters. The van der Waals surface area contributed by atoms with Gasteiger partial charge in [0, 0.05) is 17.3 Å². The summed E-state index contributed by atoms with van der Waals surface area (Å²) in [5.74, 6) is 0.426. The first-order valence-electron chi connectivity index (χ1n) is 6.84. The third-order valence-corrected chi connectivity index (χ3v) is 4.34. The molecule has 0 aliphatic rings. The second kappa shape index (κ2) is 6.81. The maximum absolute atomic E-state index is 12.6. The minimum atomic E-state index is -0.249. The van der Waals surface area contributed by atoms with Crippen molar-refractivity contribution in [3.63, 3.8) is 0 Å². The molecule has 0 fully saturated rings. The molecule has 6 heteroatoms. The number of rotatable bonds is 4. The third-order valence-electron chi connectivity index (χ3n) is 3.18. The van der Waals surface area contributed by atoms with Gasteiger partial charge >= 0.3 is 0 Å². The zero-order chi connectivity index (χ0) is 16.2. The fourth-order valence-corrected chi connectivity index (χ4v) is 3.15. The minimum absolute atomic E-state index is 0.249. The number of amides is 1. The van der Waals surface area contributed by atoms with Gasteiger partial charge in [0.25, 0.3) is 5.91 Å². The van der Waals surface area contributed by atoms with Crippen LogP contribution < -0.4 is 10.1 Å². The summed E-state index contributed by atoms with van der Waals surface area (Å²) in [4.78, 5) is 17.3. The van der Waals surface area contributed by atoms with Gasteiger partial charge in [0.2, 0.25) is 0 Å². The van der Waals surface area contributed by atoms with E-state index in [1.165, 1.54) is 0 Å². The number of carbonyl (C=O) groups is 1. The van der Waals surface area contributed by atoms with E-state index in [1.54, 1.807) is 19.2 Å². The summed E-state index contributed by atoms with van der Waals surface area (Å²) in [5, 5.41) is 2.85. The zero-order valence-electron chi connectivity index (χ0n) is 12.2. The van der Waals surface area contributed by atoms with Crippen molar-refractivity contribution in [1.82, 2.24) is 4.98 Å². The molecule has 116 valence electrons. The standard InChI is InChI=1S/C17H13ClN2O2S/c1-22-13-9-5-8-12(10-13)19-16(21)15-14(20-17(18)23-15)11-6-3-2-4-7-11/h2-10H,1H3,(H,19,21). The Morgan fingerprint density at radius 1 is 1.17 bits per heavy atom. The van der Waals surface area contributed by atoms with Crippen LogP contribution in [0.5, 0.6) is 5.75 Å². The summed E-state index contributed by atoms with van der Waals surface area (Å²) in [6, 6.07) is 16.7. The van der Waals surface area contributed by atoms with Gasteiger partial charge in [-0.2, -0.15) is 0 Å². The first-order valence-corrected chi connectivity index (χ1v) is 8.04. The molecular formula is C17H13ClN2O2S. The minimum Gasteiger partial charge on any atom is -0.497 e. The summed E-state index contributed by atoms with van der Waals surface area (Å²) >= 11 is 7.18.